The lowest BCUT2D eigenvalue weighted by Crippen LogP contribution is -2.14. The molecular formula is C23H25N5O2S2. The van der Waals surface area contributed by atoms with Gasteiger partial charge in [-0.1, -0.05) is 36.9 Å². The minimum Gasteiger partial charge on any atom is -0.485 e. The second-order valence-electron chi connectivity index (χ2n) is 8.02. The molecule has 0 spiro atoms. The Labute approximate surface area is 195 Å². The normalized spacial score (nSPS) is 15.1. The molecular weight excluding hydrogens is 442 g/mol. The lowest BCUT2D eigenvalue weighted by atomic mass is 9.89. The number of thiophene rings is 1. The highest BCUT2D eigenvalue weighted by Gasteiger charge is 2.24. The van der Waals surface area contributed by atoms with Crippen molar-refractivity contribution in [1.82, 2.24) is 14.8 Å². The van der Waals surface area contributed by atoms with E-state index in [9.17, 15) is 10.1 Å². The number of ether oxygens (including phenoxy) is 1. The third-order valence-electron chi connectivity index (χ3n) is 5.58. The Morgan fingerprint density at radius 2 is 2.22 bits per heavy atom. The number of benzene rings is 1. The summed E-state index contributed by atoms with van der Waals surface area (Å²) in [4.78, 5) is 13.8. The average Bonchev–Trinajstić information content (AvgIpc) is 3.30. The number of fused-ring (bicyclic) bond motifs is 1. The molecule has 4 rings (SSSR count). The van der Waals surface area contributed by atoms with Crippen molar-refractivity contribution in [2.45, 2.75) is 44.9 Å². The molecule has 1 aliphatic carbocycles. The van der Waals surface area contributed by atoms with Crippen molar-refractivity contribution in [2.24, 2.45) is 13.0 Å². The number of anilines is 1. The Bertz CT molecular complexity index is 1180. The number of hydrogen-bond acceptors (Lipinski definition) is 7. The molecule has 0 bridgehead atoms. The van der Waals surface area contributed by atoms with Crippen LogP contribution in [-0.2, 0) is 31.3 Å². The first kappa shape index (κ1) is 22.4. The summed E-state index contributed by atoms with van der Waals surface area (Å²) >= 11 is 2.85. The third-order valence-corrected chi connectivity index (χ3v) is 7.77. The van der Waals surface area contributed by atoms with E-state index in [1.165, 1.54) is 28.0 Å². The molecule has 0 saturated heterocycles. The molecule has 2 heterocycles. The SMILES string of the molecule is Cc1ccccc1OCc1nnc(SCC(=O)Nc2sc3c(c2C#N)CCC(C)C3)n1C. The summed E-state index contributed by atoms with van der Waals surface area (Å²) in [7, 11) is 1.86. The van der Waals surface area contributed by atoms with Gasteiger partial charge in [-0.05, 0) is 49.3 Å². The molecule has 1 aliphatic rings. The first-order chi connectivity index (χ1) is 15.5. The Hall–Kier alpha value is -2.83. The van der Waals surface area contributed by atoms with Gasteiger partial charge in [0.05, 0.1) is 11.3 Å². The zero-order valence-electron chi connectivity index (χ0n) is 18.3. The van der Waals surface area contributed by atoms with Crippen LogP contribution in [-0.4, -0.2) is 26.4 Å². The van der Waals surface area contributed by atoms with Gasteiger partial charge in [0.1, 0.15) is 23.4 Å². The van der Waals surface area contributed by atoms with E-state index in [0.717, 1.165) is 36.1 Å². The molecule has 0 aliphatic heterocycles. The lowest BCUT2D eigenvalue weighted by Gasteiger charge is -2.17. The van der Waals surface area contributed by atoms with Crippen molar-refractivity contribution in [3.05, 3.63) is 51.7 Å². The van der Waals surface area contributed by atoms with E-state index in [1.54, 1.807) is 0 Å². The van der Waals surface area contributed by atoms with E-state index in [1.807, 2.05) is 42.8 Å². The number of carbonyl (C=O) groups is 1. The van der Waals surface area contributed by atoms with Crippen LogP contribution in [0.1, 0.15) is 40.7 Å². The quantitative estimate of drug-likeness (QED) is 0.515. The fourth-order valence-electron chi connectivity index (χ4n) is 3.71. The first-order valence-electron chi connectivity index (χ1n) is 10.5. The summed E-state index contributed by atoms with van der Waals surface area (Å²) in [6.07, 6.45) is 2.97. The van der Waals surface area contributed by atoms with Crippen LogP contribution >= 0.6 is 23.1 Å². The van der Waals surface area contributed by atoms with Gasteiger partial charge >= 0.3 is 0 Å². The lowest BCUT2D eigenvalue weighted by molar-refractivity contribution is -0.113. The maximum absolute atomic E-state index is 12.6. The van der Waals surface area contributed by atoms with Gasteiger partial charge < -0.3 is 14.6 Å². The predicted octanol–water partition coefficient (Wildman–Crippen LogP) is 4.49. The van der Waals surface area contributed by atoms with Crippen molar-refractivity contribution in [1.29, 1.82) is 5.26 Å². The van der Waals surface area contributed by atoms with Gasteiger partial charge in [0.2, 0.25) is 5.91 Å². The minimum absolute atomic E-state index is 0.154. The highest BCUT2D eigenvalue weighted by Crippen LogP contribution is 2.39. The summed E-state index contributed by atoms with van der Waals surface area (Å²) in [6.45, 7) is 4.52. The smallest absolute Gasteiger partial charge is 0.235 e. The average molecular weight is 468 g/mol. The summed E-state index contributed by atoms with van der Waals surface area (Å²) in [5.74, 6) is 2.15. The molecule has 1 amide bonds. The van der Waals surface area contributed by atoms with Crippen LogP contribution in [0, 0.1) is 24.2 Å². The van der Waals surface area contributed by atoms with Crippen LogP contribution in [0.2, 0.25) is 0 Å². The van der Waals surface area contributed by atoms with E-state index in [4.69, 9.17) is 4.74 Å². The monoisotopic (exact) mass is 467 g/mol. The van der Waals surface area contributed by atoms with Gasteiger partial charge in [0, 0.05) is 11.9 Å². The van der Waals surface area contributed by atoms with E-state index in [2.05, 4.69) is 28.5 Å². The van der Waals surface area contributed by atoms with E-state index in [-0.39, 0.29) is 11.7 Å². The zero-order chi connectivity index (χ0) is 22.7. The van der Waals surface area contributed by atoms with E-state index >= 15 is 0 Å². The second kappa shape index (κ2) is 9.76. The van der Waals surface area contributed by atoms with Gasteiger partial charge in [-0.25, -0.2) is 0 Å². The van der Waals surface area contributed by atoms with Gasteiger partial charge in [-0.15, -0.1) is 21.5 Å². The second-order valence-corrected chi connectivity index (χ2v) is 10.1. The first-order valence-corrected chi connectivity index (χ1v) is 12.3. The Morgan fingerprint density at radius 1 is 1.41 bits per heavy atom. The summed E-state index contributed by atoms with van der Waals surface area (Å²) in [6, 6.07) is 10.1. The van der Waals surface area contributed by atoms with Crippen LogP contribution in [0.4, 0.5) is 5.00 Å². The van der Waals surface area contributed by atoms with Crippen molar-refractivity contribution in [3.63, 3.8) is 0 Å². The van der Waals surface area contributed by atoms with Gasteiger partial charge in [-0.2, -0.15) is 5.26 Å². The molecule has 166 valence electrons. The Kier molecular flexibility index (Phi) is 6.82. The van der Waals surface area contributed by atoms with Crippen LogP contribution in [0.25, 0.3) is 0 Å². The number of thioether (sulfide) groups is 1. The van der Waals surface area contributed by atoms with Crippen molar-refractivity contribution in [3.8, 4) is 11.8 Å². The number of nitrogens with zero attached hydrogens (tertiary/aromatic N) is 4. The molecule has 3 aromatic rings. The number of aromatic nitrogens is 3. The number of hydrogen-bond donors (Lipinski definition) is 1. The molecule has 1 unspecified atom stereocenters. The van der Waals surface area contributed by atoms with Gasteiger partial charge in [0.25, 0.3) is 0 Å². The van der Waals surface area contributed by atoms with Crippen LogP contribution in [0.15, 0.2) is 29.4 Å². The van der Waals surface area contributed by atoms with Crippen LogP contribution in [0.5, 0.6) is 5.75 Å². The van der Waals surface area contributed by atoms with E-state index < -0.39 is 0 Å². The topological polar surface area (TPSA) is 92.8 Å². The highest BCUT2D eigenvalue weighted by molar-refractivity contribution is 7.99. The fraction of sp³-hybridized carbons (Fsp3) is 0.391. The van der Waals surface area contributed by atoms with Crippen molar-refractivity contribution < 1.29 is 9.53 Å². The standard InChI is InChI=1S/C23H25N5O2S2/c1-14-8-9-16-17(11-24)22(32-19(16)10-14)25-21(29)13-31-23-27-26-20(28(23)3)12-30-18-7-5-4-6-15(18)2/h4-7,14H,8-10,12-13H2,1-3H3,(H,25,29). The fourth-order valence-corrected chi connectivity index (χ4v) is 5.81. The number of nitriles is 1. The summed E-state index contributed by atoms with van der Waals surface area (Å²) < 4.78 is 7.69. The molecule has 0 radical (unpaired) electrons. The number of amides is 1. The number of aryl methyl sites for hydroxylation is 1. The molecule has 9 heteroatoms. The maximum atomic E-state index is 12.6. The van der Waals surface area contributed by atoms with Crippen molar-refractivity contribution in [2.75, 3.05) is 11.1 Å². The number of carbonyl (C=O) groups excluding carboxylic acids is 1. The molecule has 2 aromatic heterocycles. The molecule has 1 aromatic carbocycles. The number of nitrogens with one attached hydrogen (secondary N) is 1. The summed E-state index contributed by atoms with van der Waals surface area (Å²) in [5.41, 5.74) is 2.80. The summed E-state index contributed by atoms with van der Waals surface area (Å²) in [5, 5.41) is 22.2. The van der Waals surface area contributed by atoms with Crippen LogP contribution < -0.4 is 10.1 Å². The van der Waals surface area contributed by atoms with Gasteiger partial charge in [-0.3, -0.25) is 4.79 Å². The minimum atomic E-state index is -0.154. The predicted molar refractivity (Wildman–Crippen MR) is 126 cm³/mol. The third kappa shape index (κ3) is 4.81. The molecule has 7 nitrogen and oxygen atoms in total. The number of rotatable bonds is 7. The zero-order valence-corrected chi connectivity index (χ0v) is 20.0. The molecule has 32 heavy (non-hydrogen) atoms. The Balaban J connectivity index is 1.35. The Morgan fingerprint density at radius 3 is 3.00 bits per heavy atom. The van der Waals surface area contributed by atoms with Crippen molar-refractivity contribution >= 4 is 34.0 Å². The largest absolute Gasteiger partial charge is 0.485 e. The van der Waals surface area contributed by atoms with Gasteiger partial charge in [0.15, 0.2) is 11.0 Å². The number of para-hydroxylation sites is 1. The molecule has 0 saturated carbocycles. The molecule has 0 fully saturated rings. The highest BCUT2D eigenvalue weighted by atomic mass is 32.2. The molecule has 1 atom stereocenters. The maximum Gasteiger partial charge on any atom is 0.235 e. The van der Waals surface area contributed by atoms with E-state index in [0.29, 0.717) is 34.1 Å². The van der Waals surface area contributed by atoms with Crippen LogP contribution in [0.3, 0.4) is 0 Å². The molecule has 1 N–H and O–H groups in total.